The largest absolute Gasteiger partial charge is 1.00 e. The van der Waals surface area contributed by atoms with E-state index in [2.05, 4.69) is 146 Å². The van der Waals surface area contributed by atoms with Crippen LogP contribution in [0.2, 0.25) is 10.0 Å². The molecule has 4 aromatic heterocycles. The number of ether oxygens (including phenoxy) is 6. The minimum absolute atomic E-state index is 0. The van der Waals surface area contributed by atoms with Crippen LogP contribution >= 0.6 is 23.2 Å². The Morgan fingerprint density at radius 2 is 0.400 bits per heavy atom. The second-order valence-corrected chi connectivity index (χ2v) is 19.1. The van der Waals surface area contributed by atoms with E-state index in [0.717, 1.165) is 102 Å². The first-order chi connectivity index (χ1) is 42.4. The van der Waals surface area contributed by atoms with E-state index in [9.17, 15) is 0 Å². The molecule has 8 bridgehead atoms. The first-order valence-corrected chi connectivity index (χ1v) is 28.3. The van der Waals surface area contributed by atoms with Crippen LogP contribution in [-0.4, -0.2) is 90.2 Å². The van der Waals surface area contributed by atoms with Crippen molar-refractivity contribution < 1.29 is 86.0 Å². The predicted molar refractivity (Wildman–Crippen MR) is 342 cm³/mol. The van der Waals surface area contributed by atoms with Crippen molar-refractivity contribution in [3.8, 4) is 0 Å². The zero-order valence-electron chi connectivity index (χ0n) is 49.5. The number of hydrogen-bond donors (Lipinski definition) is 0. The van der Waals surface area contributed by atoms with Crippen LogP contribution in [0.5, 0.6) is 0 Å². The topological polar surface area (TPSA) is 292 Å². The molecule has 0 atom stereocenters. The molecule has 2 aliphatic rings. The first kappa shape index (κ1) is 76.6. The molecule has 4 N–H and O–H groups in total. The fourth-order valence-corrected chi connectivity index (χ4v) is 9.13. The summed E-state index contributed by atoms with van der Waals surface area (Å²) in [6.07, 6.45) is 0. The van der Waals surface area contributed by atoms with Gasteiger partial charge in [-0.2, -0.15) is 0 Å². The van der Waals surface area contributed by atoms with Gasteiger partial charge in [-0.3, -0.25) is 9.82 Å². The van der Waals surface area contributed by atoms with Gasteiger partial charge in [-0.1, -0.05) is 59.6 Å². The van der Waals surface area contributed by atoms with E-state index in [1.165, 1.54) is 9.82 Å². The number of aromatic nitrogens is 4. The summed E-state index contributed by atoms with van der Waals surface area (Å²) in [5, 5.41) is 1.59. The molecule has 0 aliphatic carbocycles. The van der Waals surface area contributed by atoms with Gasteiger partial charge >= 0.3 is 29.6 Å². The molecule has 0 radical (unpaired) electrons. The van der Waals surface area contributed by atoms with Gasteiger partial charge < -0.3 is 81.4 Å². The van der Waals surface area contributed by atoms with Gasteiger partial charge in [-0.25, -0.2) is 0 Å². The van der Waals surface area contributed by atoms with Gasteiger partial charge in [-0.15, -0.1) is 0 Å². The average molecular weight is 1300 g/mol. The SMILES string of the molecule is C1COCCOCCOCCOCCOCCO1.Clc1ccccc1.Clc1ccccc1.O.O.[Fe].[N-]=[N+]=[N-].[N-]=[N+]=[N-].[Na+].c1ccc([C+]2c3ccc([n-]3)[C+](c3ccccc3)c3ccc([n-]3)[C+](c3ccccc3)c3ccc([n-]3)[C+](c3ccccc3)c3ccc2[n-]3)cc1. The Kier molecular flexibility index (Phi) is 38.0. The quantitative estimate of drug-likeness (QED) is 0.0528. The second-order valence-electron chi connectivity index (χ2n) is 18.3. The third-order valence-electron chi connectivity index (χ3n) is 12.6. The van der Waals surface area contributed by atoms with Gasteiger partial charge in [0.1, 0.15) is 0 Å². The van der Waals surface area contributed by atoms with Gasteiger partial charge in [0.25, 0.3) is 0 Å². The Morgan fingerprint density at radius 1 is 0.267 bits per heavy atom. The number of fused-ring (bicyclic) bond motifs is 8. The van der Waals surface area contributed by atoms with E-state index in [0.29, 0.717) is 79.3 Å². The summed E-state index contributed by atoms with van der Waals surface area (Å²) in [6.45, 7) is 7.04. The van der Waals surface area contributed by atoms with E-state index >= 15 is 0 Å². The van der Waals surface area contributed by atoms with Gasteiger partial charge in [-0.05, 0) is 143 Å². The van der Waals surface area contributed by atoms with Crippen LogP contribution in [0.4, 0.5) is 0 Å². The van der Waals surface area contributed by atoms with Crippen LogP contribution in [0.1, 0.15) is 67.8 Å². The molecule has 10 aromatic rings. The van der Waals surface area contributed by atoms with Crippen molar-refractivity contribution in [3.05, 3.63) is 364 Å². The molecule has 18 nitrogen and oxygen atoms in total. The van der Waals surface area contributed by atoms with Crippen molar-refractivity contribution in [2.45, 2.75) is 0 Å². The van der Waals surface area contributed by atoms with E-state index in [-0.39, 0.29) is 57.6 Å². The molecular formula is C68H66Cl2FeN10NaO8-. The molecular weight excluding hydrogens is 1230 g/mol. The van der Waals surface area contributed by atoms with Crippen LogP contribution in [0.25, 0.3) is 31.9 Å². The number of rotatable bonds is 4. The van der Waals surface area contributed by atoms with Gasteiger partial charge in [0.15, 0.2) is 0 Å². The molecule has 0 unspecified atom stereocenters. The van der Waals surface area contributed by atoms with Crippen LogP contribution < -0.4 is 49.5 Å². The molecule has 6 heterocycles. The number of hydrogen-bond acceptors (Lipinski definition) is 6. The Hall–Kier alpha value is -7.68. The summed E-state index contributed by atoms with van der Waals surface area (Å²) in [5.41, 5.74) is 38.1. The van der Waals surface area contributed by atoms with Crippen LogP contribution in [-0.2, 0) is 45.5 Å². The molecule has 6 aromatic carbocycles. The van der Waals surface area contributed by atoms with Crippen molar-refractivity contribution in [1.82, 2.24) is 19.9 Å². The molecule has 0 spiro atoms. The minimum Gasteiger partial charge on any atom is -0.628 e. The monoisotopic (exact) mass is 1300 g/mol. The first-order valence-electron chi connectivity index (χ1n) is 27.5. The van der Waals surface area contributed by atoms with Crippen LogP contribution in [0, 0.1) is 23.7 Å². The van der Waals surface area contributed by atoms with E-state index in [1.54, 1.807) is 0 Å². The zero-order valence-corrected chi connectivity index (χ0v) is 54.1. The van der Waals surface area contributed by atoms with Gasteiger partial charge in [0.2, 0.25) is 0 Å². The zero-order chi connectivity index (χ0) is 60.2. The molecule has 90 heavy (non-hydrogen) atoms. The smallest absolute Gasteiger partial charge is 0.628 e. The van der Waals surface area contributed by atoms with Gasteiger partial charge in [0.05, 0.1) is 102 Å². The molecule has 12 rings (SSSR count). The third-order valence-corrected chi connectivity index (χ3v) is 13.1. The molecule has 0 saturated carbocycles. The summed E-state index contributed by atoms with van der Waals surface area (Å²) in [6, 6.07) is 77.3. The van der Waals surface area contributed by atoms with E-state index in [1.807, 2.05) is 84.9 Å². The second kappa shape index (κ2) is 44.7. The van der Waals surface area contributed by atoms with Crippen molar-refractivity contribution in [1.29, 1.82) is 0 Å². The van der Waals surface area contributed by atoms with Crippen LogP contribution in [0.15, 0.2) is 231 Å². The molecule has 1 saturated heterocycles. The summed E-state index contributed by atoms with van der Waals surface area (Å²) >= 11 is 11.1. The fourth-order valence-electron chi connectivity index (χ4n) is 8.84. The molecule has 460 valence electrons. The van der Waals surface area contributed by atoms with Crippen molar-refractivity contribution in [3.63, 3.8) is 0 Å². The normalized spacial score (nSPS) is 13.2. The van der Waals surface area contributed by atoms with Crippen molar-refractivity contribution >= 4 is 23.2 Å². The Bertz CT molecular complexity index is 2970. The Morgan fingerprint density at radius 3 is 0.522 bits per heavy atom. The maximum atomic E-state index is 6.75. The van der Waals surface area contributed by atoms with Crippen molar-refractivity contribution in [2.24, 2.45) is 0 Å². The molecule has 1 fully saturated rings. The molecule has 2 aliphatic heterocycles. The van der Waals surface area contributed by atoms with Crippen molar-refractivity contribution in [2.75, 3.05) is 79.3 Å². The standard InChI is InChI=1S/C44H28N4.C12H24O6.2C6H5Cl.Fe.2N3.Na.2H2O/c1-5-13-29(14-6-1)41-33-21-23-35(45-33)42(30-15-7-2-8-16-30)37-25-27-39(47-37)44(32-19-11-4-12-20-32)40-28-26-38(48-40)43(31-17-9-3-10-18-31)36-24-22-34(41)46-36;1-2-14-5-6-16-9-10-18-12-11-17-8-7-15-4-3-13-1;2*7-6-4-2-1-3-5-6;;2*1-3-2;;;/h1-28H;1-12H2;2*1-5H;;;;;2*1H2/q;;;;;2*-1;+1;;. The van der Waals surface area contributed by atoms with E-state index in [4.69, 9.17) is 93.7 Å². The minimum atomic E-state index is 0. The number of halogens is 2. The fraction of sp³-hybridized carbons (Fsp3) is 0.176. The summed E-state index contributed by atoms with van der Waals surface area (Å²) < 4.78 is 32.0. The predicted octanol–water partition coefficient (Wildman–Crippen LogP) is 9.77. The third kappa shape index (κ3) is 24.9. The maximum Gasteiger partial charge on any atom is 1.00 e. The Labute approximate surface area is 568 Å². The van der Waals surface area contributed by atoms with Crippen LogP contribution in [0.3, 0.4) is 0 Å². The maximum absolute atomic E-state index is 6.75. The number of nitrogens with zero attached hydrogens (tertiary/aromatic N) is 10. The summed E-state index contributed by atoms with van der Waals surface area (Å²) in [5.74, 6) is 3.91. The van der Waals surface area contributed by atoms with E-state index < -0.39 is 0 Å². The summed E-state index contributed by atoms with van der Waals surface area (Å²) in [4.78, 5) is 24.2. The Balaban J connectivity index is 0.000000414. The molecule has 0 amide bonds. The average Bonchev–Trinajstić information content (AvgIpc) is 1.72. The number of benzene rings is 6. The van der Waals surface area contributed by atoms with Gasteiger partial charge in [0, 0.05) is 148 Å². The summed E-state index contributed by atoms with van der Waals surface area (Å²) in [7, 11) is 0. The molecule has 22 heteroatoms.